The average Bonchev–Trinajstić information content (AvgIpc) is 2.17. The highest BCUT2D eigenvalue weighted by Gasteiger charge is 2.08. The highest BCUT2D eigenvalue weighted by Crippen LogP contribution is 2.26. The number of isocyanates is 1. The number of hydrogen-bond donors (Lipinski definition) is 0. The van der Waals surface area contributed by atoms with Crippen molar-refractivity contribution in [3.05, 3.63) is 10.7 Å². The van der Waals surface area contributed by atoms with Crippen molar-refractivity contribution >= 4 is 23.5 Å². The van der Waals surface area contributed by atoms with Crippen molar-refractivity contribution in [3.8, 4) is 0 Å². The molecule has 4 nitrogen and oxygen atoms in total. The lowest BCUT2D eigenvalue weighted by Crippen LogP contribution is -1.88. The second-order valence-electron chi connectivity index (χ2n) is 2.05. The normalized spacial score (nSPS) is 9.36. The van der Waals surface area contributed by atoms with Gasteiger partial charge >= 0.3 is 0 Å². The van der Waals surface area contributed by atoms with Gasteiger partial charge in [-0.25, -0.2) is 9.48 Å². The average molecular weight is 172 g/mol. The maximum atomic E-state index is 9.90. The standard InChI is InChI=1S/C6H6ClN3O/c1-4-5(7)6(8-3-11)10(2)9-4/h1-2H3. The molecule has 1 heterocycles. The van der Waals surface area contributed by atoms with Gasteiger partial charge in [0.2, 0.25) is 6.08 Å². The third kappa shape index (κ3) is 1.31. The Hall–Kier alpha value is -1.12. The number of aryl methyl sites for hydroxylation is 2. The van der Waals surface area contributed by atoms with Crippen molar-refractivity contribution in [2.24, 2.45) is 12.0 Å². The van der Waals surface area contributed by atoms with E-state index in [1.807, 2.05) is 0 Å². The molecule has 0 radical (unpaired) electrons. The minimum absolute atomic E-state index is 0.346. The number of aromatic nitrogens is 2. The smallest absolute Gasteiger partial charge is 0.242 e. The Morgan fingerprint density at radius 2 is 2.36 bits per heavy atom. The van der Waals surface area contributed by atoms with Crippen molar-refractivity contribution in [2.75, 3.05) is 0 Å². The van der Waals surface area contributed by atoms with Gasteiger partial charge < -0.3 is 0 Å². The van der Waals surface area contributed by atoms with E-state index in [4.69, 9.17) is 11.6 Å². The molecule has 0 aliphatic rings. The van der Waals surface area contributed by atoms with Crippen LogP contribution in [0.15, 0.2) is 4.99 Å². The summed E-state index contributed by atoms with van der Waals surface area (Å²) >= 11 is 5.74. The van der Waals surface area contributed by atoms with Crippen LogP contribution >= 0.6 is 11.6 Å². The van der Waals surface area contributed by atoms with Gasteiger partial charge in [0.15, 0.2) is 5.82 Å². The Labute approximate surface area is 68.5 Å². The highest BCUT2D eigenvalue weighted by atomic mass is 35.5. The summed E-state index contributed by atoms with van der Waals surface area (Å²) < 4.78 is 1.43. The van der Waals surface area contributed by atoms with Crippen LogP contribution in [0.1, 0.15) is 5.69 Å². The predicted molar refractivity (Wildman–Crippen MR) is 40.7 cm³/mol. The first-order valence-electron chi connectivity index (χ1n) is 2.93. The van der Waals surface area contributed by atoms with E-state index in [1.165, 1.54) is 10.8 Å². The zero-order valence-electron chi connectivity index (χ0n) is 6.13. The topological polar surface area (TPSA) is 47.2 Å². The molecule has 5 heteroatoms. The molecule has 11 heavy (non-hydrogen) atoms. The lowest BCUT2D eigenvalue weighted by Gasteiger charge is -1.88. The summed E-state index contributed by atoms with van der Waals surface area (Å²) in [6.07, 6.45) is 1.41. The molecule has 0 bridgehead atoms. The Balaban J connectivity index is 3.33. The van der Waals surface area contributed by atoms with Crippen LogP contribution in [-0.4, -0.2) is 15.9 Å². The van der Waals surface area contributed by atoms with E-state index in [0.29, 0.717) is 16.5 Å². The van der Waals surface area contributed by atoms with Gasteiger partial charge in [0.1, 0.15) is 5.02 Å². The molecule has 0 amide bonds. The van der Waals surface area contributed by atoms with Gasteiger partial charge in [0.05, 0.1) is 5.69 Å². The third-order valence-corrected chi connectivity index (χ3v) is 1.71. The first kappa shape index (κ1) is 7.98. The van der Waals surface area contributed by atoms with E-state index in [2.05, 4.69) is 10.1 Å². The molecule has 0 aromatic carbocycles. The molecule has 0 saturated heterocycles. The lowest BCUT2D eigenvalue weighted by atomic mass is 10.5. The van der Waals surface area contributed by atoms with Crippen LogP contribution < -0.4 is 0 Å². The Kier molecular flexibility index (Phi) is 2.08. The molecule has 1 aromatic heterocycles. The summed E-state index contributed by atoms with van der Waals surface area (Å²) in [6, 6.07) is 0. The summed E-state index contributed by atoms with van der Waals surface area (Å²) in [7, 11) is 1.66. The quantitative estimate of drug-likeness (QED) is 0.473. The van der Waals surface area contributed by atoms with E-state index in [9.17, 15) is 4.79 Å². The molecule has 0 saturated carbocycles. The maximum Gasteiger partial charge on any atom is 0.242 e. The van der Waals surface area contributed by atoms with Crippen LogP contribution in [0.25, 0.3) is 0 Å². The van der Waals surface area contributed by atoms with E-state index in [-0.39, 0.29) is 0 Å². The van der Waals surface area contributed by atoms with Crippen LogP contribution in [0.3, 0.4) is 0 Å². The largest absolute Gasteiger partial charge is 0.249 e. The van der Waals surface area contributed by atoms with Crippen LogP contribution in [0.2, 0.25) is 5.02 Å². The van der Waals surface area contributed by atoms with Crippen molar-refractivity contribution in [1.29, 1.82) is 0 Å². The summed E-state index contributed by atoms with van der Waals surface area (Å²) in [5, 5.41) is 4.34. The molecule has 0 atom stereocenters. The first-order chi connectivity index (χ1) is 5.16. The van der Waals surface area contributed by atoms with Gasteiger partial charge in [-0.15, -0.1) is 4.99 Å². The summed E-state index contributed by atoms with van der Waals surface area (Å²) in [4.78, 5) is 13.3. The first-order valence-corrected chi connectivity index (χ1v) is 3.31. The van der Waals surface area contributed by atoms with E-state index in [1.54, 1.807) is 14.0 Å². The number of carbonyl (C=O) groups excluding carboxylic acids is 1. The second-order valence-corrected chi connectivity index (χ2v) is 2.43. The fraction of sp³-hybridized carbons (Fsp3) is 0.333. The van der Waals surface area contributed by atoms with Crippen molar-refractivity contribution in [2.45, 2.75) is 6.92 Å². The summed E-state index contributed by atoms with van der Waals surface area (Å²) in [6.45, 7) is 1.74. The minimum Gasteiger partial charge on any atom is -0.249 e. The van der Waals surface area contributed by atoms with Crippen molar-refractivity contribution in [1.82, 2.24) is 9.78 Å². The second kappa shape index (κ2) is 2.86. The molecular weight excluding hydrogens is 166 g/mol. The molecule has 0 spiro atoms. The number of rotatable bonds is 1. The van der Waals surface area contributed by atoms with E-state index >= 15 is 0 Å². The molecule has 0 N–H and O–H groups in total. The lowest BCUT2D eigenvalue weighted by molar-refractivity contribution is 0.564. The van der Waals surface area contributed by atoms with Crippen LogP contribution in [-0.2, 0) is 11.8 Å². The maximum absolute atomic E-state index is 9.90. The zero-order chi connectivity index (χ0) is 8.43. The molecule has 1 rings (SSSR count). The van der Waals surface area contributed by atoms with Gasteiger partial charge in [-0.2, -0.15) is 5.10 Å². The van der Waals surface area contributed by atoms with Gasteiger partial charge in [0, 0.05) is 7.05 Å². The summed E-state index contributed by atoms with van der Waals surface area (Å²) in [5.74, 6) is 0.346. The third-order valence-electron chi connectivity index (χ3n) is 1.27. The molecule has 0 aliphatic carbocycles. The van der Waals surface area contributed by atoms with Crippen molar-refractivity contribution in [3.63, 3.8) is 0 Å². The predicted octanol–water partition coefficient (Wildman–Crippen LogP) is 1.35. The monoisotopic (exact) mass is 171 g/mol. The van der Waals surface area contributed by atoms with Crippen LogP contribution in [0.5, 0.6) is 0 Å². The fourth-order valence-electron chi connectivity index (χ4n) is 0.785. The number of nitrogens with zero attached hydrogens (tertiary/aromatic N) is 3. The van der Waals surface area contributed by atoms with Gasteiger partial charge in [-0.3, -0.25) is 0 Å². The molecule has 1 aromatic rings. The van der Waals surface area contributed by atoms with Crippen LogP contribution in [0.4, 0.5) is 5.82 Å². The van der Waals surface area contributed by atoms with Crippen LogP contribution in [0, 0.1) is 6.92 Å². The highest BCUT2D eigenvalue weighted by molar-refractivity contribution is 6.33. The molecular formula is C6H6ClN3O. The Morgan fingerprint density at radius 1 is 1.73 bits per heavy atom. The molecule has 0 aliphatic heterocycles. The van der Waals surface area contributed by atoms with Gasteiger partial charge in [-0.05, 0) is 6.92 Å². The molecule has 58 valence electrons. The van der Waals surface area contributed by atoms with Crippen molar-refractivity contribution < 1.29 is 4.79 Å². The Morgan fingerprint density at radius 3 is 2.73 bits per heavy atom. The zero-order valence-corrected chi connectivity index (χ0v) is 6.88. The molecule has 0 fully saturated rings. The number of hydrogen-bond acceptors (Lipinski definition) is 3. The van der Waals surface area contributed by atoms with E-state index < -0.39 is 0 Å². The minimum atomic E-state index is 0.346. The van der Waals surface area contributed by atoms with Gasteiger partial charge in [-0.1, -0.05) is 11.6 Å². The fourth-order valence-corrected chi connectivity index (χ4v) is 0.987. The SMILES string of the molecule is Cc1nn(C)c(N=C=O)c1Cl. The number of halogens is 1. The van der Waals surface area contributed by atoms with E-state index in [0.717, 1.165) is 0 Å². The summed E-state index contributed by atoms with van der Waals surface area (Å²) in [5.41, 5.74) is 0.656. The number of aliphatic imine (C=N–C) groups is 1. The molecule has 0 unspecified atom stereocenters. The van der Waals surface area contributed by atoms with Gasteiger partial charge in [0.25, 0.3) is 0 Å². The Bertz CT molecular complexity index is 325.